The number of nitrogens with two attached hydrogens (primary N) is 1. The summed E-state index contributed by atoms with van der Waals surface area (Å²) in [5, 5.41) is 5.60. The maximum Gasteiger partial charge on any atom is 0.265 e. The van der Waals surface area contributed by atoms with Crippen LogP contribution in [0, 0.1) is 11.6 Å². The van der Waals surface area contributed by atoms with Gasteiger partial charge in [-0.2, -0.15) is 0 Å². The molecular weight excluding hydrogens is 610 g/mol. The number of ether oxygens (including phenoxy) is 1. The molecular formula is C32H37ClF2N4O4S. The van der Waals surface area contributed by atoms with Gasteiger partial charge in [-0.3, -0.25) is 14.4 Å². The number of anilines is 3. The lowest BCUT2D eigenvalue weighted by molar-refractivity contribution is 0.0794. The first-order chi connectivity index (χ1) is 21.0. The van der Waals surface area contributed by atoms with Crippen molar-refractivity contribution < 1.29 is 27.9 Å². The lowest BCUT2D eigenvalue weighted by atomic mass is 10.0. The van der Waals surface area contributed by atoms with Crippen LogP contribution < -0.4 is 16.4 Å². The highest BCUT2D eigenvalue weighted by Crippen LogP contribution is 2.26. The van der Waals surface area contributed by atoms with Gasteiger partial charge in [-0.25, -0.2) is 8.78 Å². The van der Waals surface area contributed by atoms with E-state index < -0.39 is 29.6 Å². The van der Waals surface area contributed by atoms with Gasteiger partial charge in [-0.1, -0.05) is 43.7 Å². The summed E-state index contributed by atoms with van der Waals surface area (Å²) in [6.45, 7) is 8.09. The minimum absolute atomic E-state index is 0.0765. The predicted molar refractivity (Wildman–Crippen MR) is 175 cm³/mol. The Morgan fingerprint density at radius 1 is 1.16 bits per heavy atom. The number of nitrogens with zero attached hydrogens (tertiary/aromatic N) is 1. The molecule has 0 bridgehead atoms. The minimum Gasteiger partial charge on any atom is -0.489 e. The van der Waals surface area contributed by atoms with E-state index in [1.807, 2.05) is 20.8 Å². The molecule has 1 unspecified atom stereocenters. The molecule has 0 saturated carbocycles. The summed E-state index contributed by atoms with van der Waals surface area (Å²) in [6.07, 6.45) is 5.91. The first kappa shape index (κ1) is 36.0. The third-order valence-electron chi connectivity index (χ3n) is 5.98. The van der Waals surface area contributed by atoms with Gasteiger partial charge in [-0.05, 0) is 56.7 Å². The highest BCUT2D eigenvalue weighted by atomic mass is 35.5. The molecule has 0 aliphatic rings. The Morgan fingerprint density at radius 3 is 2.52 bits per heavy atom. The van der Waals surface area contributed by atoms with Crippen LogP contribution in [0.4, 0.5) is 25.8 Å². The van der Waals surface area contributed by atoms with E-state index in [9.17, 15) is 23.2 Å². The van der Waals surface area contributed by atoms with Crippen molar-refractivity contribution >= 4 is 58.1 Å². The smallest absolute Gasteiger partial charge is 0.265 e. The SMILES string of the molecule is C/C=C\C(=C/CCN(C)C(=O)c1c(C=O)cccc1NC(=O)c1ccc(Cl)s1)OC(C)CNc1cc(F)cc(F)c1N.CC. The highest BCUT2D eigenvalue weighted by Gasteiger charge is 2.22. The summed E-state index contributed by atoms with van der Waals surface area (Å²) < 4.78 is 33.7. The van der Waals surface area contributed by atoms with Crippen molar-refractivity contribution in [2.75, 3.05) is 36.5 Å². The molecule has 0 radical (unpaired) electrons. The molecule has 3 aromatic rings. The molecule has 4 N–H and O–H groups in total. The molecule has 8 nitrogen and oxygen atoms in total. The van der Waals surface area contributed by atoms with E-state index in [0.29, 0.717) is 33.7 Å². The molecule has 0 aliphatic carbocycles. The summed E-state index contributed by atoms with van der Waals surface area (Å²) in [5.41, 5.74) is 6.05. The standard InChI is InChI=1S/C30H31ClF2N4O4S.C2H6/c1-4-7-21(41-18(2)16-35-24-15-20(32)14-22(33)28(24)34)9-6-13-37(3)30(40)27-19(17-38)8-5-10-23(27)36-29(39)25-11-12-26(31)42-25;1-2/h4-5,7-12,14-15,17-18,35H,6,13,16,34H2,1-3H3,(H,36,39);1-2H3/b7-4-,21-9+;. The second-order valence-corrected chi connectivity index (χ2v) is 10.9. The fourth-order valence-corrected chi connectivity index (χ4v) is 4.84. The van der Waals surface area contributed by atoms with Crippen molar-refractivity contribution in [3.05, 3.63) is 98.4 Å². The number of thiophene rings is 1. The van der Waals surface area contributed by atoms with Crippen LogP contribution in [0.25, 0.3) is 0 Å². The quantitative estimate of drug-likeness (QED) is 0.0756. The summed E-state index contributed by atoms with van der Waals surface area (Å²) in [6, 6.07) is 9.63. The van der Waals surface area contributed by atoms with Crippen molar-refractivity contribution in [3.8, 4) is 0 Å². The molecule has 1 atom stereocenters. The Balaban J connectivity index is 0.00000330. The zero-order valence-electron chi connectivity index (χ0n) is 25.2. The van der Waals surface area contributed by atoms with E-state index in [-0.39, 0.29) is 41.3 Å². The number of nitrogen functional groups attached to an aromatic ring is 1. The van der Waals surface area contributed by atoms with Gasteiger partial charge in [0.25, 0.3) is 11.8 Å². The number of carbonyl (C=O) groups excluding carboxylic acids is 3. The molecule has 2 aromatic carbocycles. The third kappa shape index (κ3) is 10.2. The van der Waals surface area contributed by atoms with E-state index in [2.05, 4.69) is 10.6 Å². The molecule has 0 aliphatic heterocycles. The second-order valence-electron chi connectivity index (χ2n) is 9.23. The van der Waals surface area contributed by atoms with Crippen molar-refractivity contribution in [2.24, 2.45) is 0 Å². The molecule has 2 amide bonds. The number of halogens is 3. The van der Waals surface area contributed by atoms with Crippen molar-refractivity contribution in [3.63, 3.8) is 0 Å². The average Bonchev–Trinajstić information content (AvgIpc) is 3.45. The van der Waals surface area contributed by atoms with Crippen LogP contribution in [0.15, 0.2) is 66.5 Å². The van der Waals surface area contributed by atoms with Crippen molar-refractivity contribution in [1.29, 1.82) is 0 Å². The van der Waals surface area contributed by atoms with Crippen LogP contribution in [0.1, 0.15) is 64.5 Å². The number of aldehydes is 1. The zero-order chi connectivity index (χ0) is 32.8. The summed E-state index contributed by atoms with van der Waals surface area (Å²) >= 11 is 7.03. The number of rotatable bonds is 13. The Labute approximate surface area is 265 Å². The van der Waals surface area contributed by atoms with Gasteiger partial charge in [0, 0.05) is 25.2 Å². The number of amides is 2. The van der Waals surface area contributed by atoms with Gasteiger partial charge in [0.15, 0.2) is 12.1 Å². The Kier molecular flexibility index (Phi) is 14.5. The van der Waals surface area contributed by atoms with Crippen molar-refractivity contribution in [1.82, 2.24) is 4.90 Å². The number of nitrogens with one attached hydrogen (secondary N) is 2. The first-order valence-corrected chi connectivity index (χ1v) is 15.1. The van der Waals surface area contributed by atoms with Crippen LogP contribution >= 0.6 is 22.9 Å². The Morgan fingerprint density at radius 2 is 1.89 bits per heavy atom. The molecule has 0 fully saturated rings. The topological polar surface area (TPSA) is 114 Å². The maximum absolute atomic E-state index is 13.7. The first-order valence-electron chi connectivity index (χ1n) is 13.9. The molecule has 3 rings (SSSR count). The minimum atomic E-state index is -0.850. The van der Waals surface area contributed by atoms with Crippen molar-refractivity contribution in [2.45, 2.75) is 40.2 Å². The van der Waals surface area contributed by atoms with Crippen LogP contribution in [0.2, 0.25) is 4.34 Å². The van der Waals surface area contributed by atoms with Crippen LogP contribution in [-0.4, -0.2) is 49.2 Å². The van der Waals surface area contributed by atoms with E-state index in [1.165, 1.54) is 11.0 Å². The summed E-state index contributed by atoms with van der Waals surface area (Å²) in [5.74, 6) is -1.96. The molecule has 44 heavy (non-hydrogen) atoms. The average molecular weight is 647 g/mol. The van der Waals surface area contributed by atoms with E-state index >= 15 is 0 Å². The van der Waals surface area contributed by atoms with Gasteiger partial charge in [-0.15, -0.1) is 11.3 Å². The summed E-state index contributed by atoms with van der Waals surface area (Å²) in [4.78, 5) is 39.7. The monoisotopic (exact) mass is 646 g/mol. The summed E-state index contributed by atoms with van der Waals surface area (Å²) in [7, 11) is 1.59. The molecule has 0 saturated heterocycles. The fraction of sp³-hybridized carbons (Fsp3) is 0.281. The number of hydrogen-bond acceptors (Lipinski definition) is 7. The highest BCUT2D eigenvalue weighted by molar-refractivity contribution is 7.18. The molecule has 12 heteroatoms. The molecule has 236 valence electrons. The lowest BCUT2D eigenvalue weighted by Crippen LogP contribution is -2.30. The number of benzene rings is 2. The Bertz CT molecular complexity index is 1510. The molecule has 1 aromatic heterocycles. The van der Waals surface area contributed by atoms with Crippen LogP contribution in [-0.2, 0) is 4.74 Å². The van der Waals surface area contributed by atoms with Gasteiger partial charge < -0.3 is 26.0 Å². The second kappa shape index (κ2) is 17.8. The maximum atomic E-state index is 13.7. The molecule has 0 spiro atoms. The van der Waals surface area contributed by atoms with Crippen LogP contribution in [0.3, 0.4) is 0 Å². The predicted octanol–water partition coefficient (Wildman–Crippen LogP) is 7.79. The zero-order valence-corrected chi connectivity index (χ0v) is 26.8. The van der Waals surface area contributed by atoms with E-state index in [4.69, 9.17) is 22.1 Å². The number of hydrogen-bond donors (Lipinski definition) is 3. The Hall–Kier alpha value is -4.22. The van der Waals surface area contributed by atoms with Gasteiger partial charge in [0.05, 0.1) is 38.4 Å². The molecule has 1 heterocycles. The van der Waals surface area contributed by atoms with Gasteiger partial charge >= 0.3 is 0 Å². The third-order valence-corrected chi connectivity index (χ3v) is 7.21. The van der Waals surface area contributed by atoms with E-state index in [1.54, 1.807) is 56.5 Å². The van der Waals surface area contributed by atoms with E-state index in [0.717, 1.165) is 17.4 Å². The lowest BCUT2D eigenvalue weighted by Gasteiger charge is -2.21. The fourth-order valence-electron chi connectivity index (χ4n) is 3.90. The number of carbonyl (C=O) groups is 3. The van der Waals surface area contributed by atoms with Gasteiger partial charge in [0.2, 0.25) is 0 Å². The largest absolute Gasteiger partial charge is 0.489 e. The van der Waals surface area contributed by atoms with Gasteiger partial charge in [0.1, 0.15) is 17.7 Å². The number of allylic oxidation sites excluding steroid dienone is 2. The normalized spacial score (nSPS) is 11.8. The van der Waals surface area contributed by atoms with Crippen LogP contribution in [0.5, 0.6) is 0 Å².